The number of amides is 1. The maximum absolute atomic E-state index is 11.4. The first-order valence-corrected chi connectivity index (χ1v) is 5.70. The monoisotopic (exact) mass is 212 g/mol. The van der Waals surface area contributed by atoms with E-state index in [-0.39, 0.29) is 11.9 Å². The van der Waals surface area contributed by atoms with Gasteiger partial charge in [-0.2, -0.15) is 0 Å². The Morgan fingerprint density at radius 2 is 2.43 bits per heavy atom. The van der Waals surface area contributed by atoms with Gasteiger partial charge in [-0.15, -0.1) is 11.3 Å². The molecule has 1 heterocycles. The molecule has 0 aliphatic heterocycles. The topological polar surface area (TPSA) is 42.0 Å². The van der Waals surface area contributed by atoms with Gasteiger partial charge in [-0.1, -0.05) is 6.92 Å². The number of aromatic nitrogens is 1. The summed E-state index contributed by atoms with van der Waals surface area (Å²) in [5, 5.41) is 5.77. The van der Waals surface area contributed by atoms with Crippen LogP contribution >= 0.6 is 11.3 Å². The van der Waals surface area contributed by atoms with Crippen molar-refractivity contribution in [3.05, 3.63) is 16.1 Å². The molecule has 0 radical (unpaired) electrons. The van der Waals surface area contributed by atoms with E-state index < -0.39 is 0 Å². The zero-order chi connectivity index (χ0) is 10.6. The van der Waals surface area contributed by atoms with E-state index >= 15 is 0 Å². The second-order valence-corrected chi connectivity index (χ2v) is 4.38. The third kappa shape index (κ3) is 3.46. The van der Waals surface area contributed by atoms with Crippen molar-refractivity contribution in [3.63, 3.8) is 0 Å². The first-order chi connectivity index (χ1) is 6.61. The second kappa shape index (κ2) is 5.10. The summed E-state index contributed by atoms with van der Waals surface area (Å²) in [6.07, 6.45) is 1.37. The van der Waals surface area contributed by atoms with Crippen molar-refractivity contribution in [1.82, 2.24) is 10.3 Å². The Kier molecular flexibility index (Phi) is 4.07. The Labute approximate surface area is 88.6 Å². The number of thiazole rings is 1. The molecule has 0 spiro atoms. The molecule has 1 aromatic rings. The Bertz CT molecular complexity index is 309. The second-order valence-electron chi connectivity index (χ2n) is 3.44. The van der Waals surface area contributed by atoms with E-state index in [1.807, 2.05) is 19.2 Å². The van der Waals surface area contributed by atoms with Crippen molar-refractivity contribution in [3.8, 4) is 0 Å². The van der Waals surface area contributed by atoms with Gasteiger partial charge >= 0.3 is 0 Å². The van der Waals surface area contributed by atoms with Gasteiger partial charge in [-0.25, -0.2) is 4.98 Å². The minimum Gasteiger partial charge on any atom is -0.353 e. The van der Waals surface area contributed by atoms with Gasteiger partial charge in [0, 0.05) is 17.1 Å². The van der Waals surface area contributed by atoms with Crippen LogP contribution in [0.5, 0.6) is 0 Å². The molecule has 78 valence electrons. The average molecular weight is 212 g/mol. The molecular weight excluding hydrogens is 196 g/mol. The summed E-state index contributed by atoms with van der Waals surface area (Å²) in [6, 6.07) is 0.253. The highest BCUT2D eigenvalue weighted by molar-refractivity contribution is 7.09. The largest absolute Gasteiger partial charge is 0.353 e. The smallest absolute Gasteiger partial charge is 0.227 e. The molecule has 1 N–H and O–H groups in total. The van der Waals surface area contributed by atoms with Crippen LogP contribution in [-0.4, -0.2) is 16.9 Å². The van der Waals surface area contributed by atoms with Crippen molar-refractivity contribution in [2.75, 3.05) is 0 Å². The number of hydrogen-bond donors (Lipinski definition) is 1. The summed E-state index contributed by atoms with van der Waals surface area (Å²) in [6.45, 7) is 6.00. The highest BCUT2D eigenvalue weighted by Gasteiger charge is 2.08. The summed E-state index contributed by atoms with van der Waals surface area (Å²) in [7, 11) is 0. The van der Waals surface area contributed by atoms with Crippen LogP contribution in [0, 0.1) is 6.92 Å². The predicted molar refractivity (Wildman–Crippen MR) is 58.5 cm³/mol. The third-order valence-corrected chi connectivity index (χ3v) is 2.96. The van der Waals surface area contributed by atoms with Crippen molar-refractivity contribution in [2.24, 2.45) is 0 Å². The van der Waals surface area contributed by atoms with E-state index in [1.165, 1.54) is 0 Å². The van der Waals surface area contributed by atoms with Crippen LogP contribution in [0.1, 0.15) is 31.0 Å². The lowest BCUT2D eigenvalue weighted by Crippen LogP contribution is -2.33. The summed E-state index contributed by atoms with van der Waals surface area (Å²) in [5.41, 5.74) is 0.987. The van der Waals surface area contributed by atoms with Crippen molar-refractivity contribution in [2.45, 2.75) is 39.7 Å². The van der Waals surface area contributed by atoms with Crippen LogP contribution in [0.15, 0.2) is 5.38 Å². The highest BCUT2D eigenvalue weighted by atomic mass is 32.1. The number of nitrogens with zero attached hydrogens (tertiary/aromatic N) is 1. The predicted octanol–water partition coefficient (Wildman–Crippen LogP) is 1.91. The molecule has 0 saturated heterocycles. The minimum atomic E-state index is 0.0636. The van der Waals surface area contributed by atoms with E-state index in [9.17, 15) is 4.79 Å². The van der Waals surface area contributed by atoms with Crippen molar-refractivity contribution < 1.29 is 4.79 Å². The number of rotatable bonds is 4. The first-order valence-electron chi connectivity index (χ1n) is 4.82. The Hall–Kier alpha value is -0.900. The molecule has 1 atom stereocenters. The lowest BCUT2D eigenvalue weighted by Gasteiger charge is -2.09. The van der Waals surface area contributed by atoms with Crippen LogP contribution in [0.2, 0.25) is 0 Å². The van der Waals surface area contributed by atoms with Crippen molar-refractivity contribution >= 4 is 17.2 Å². The molecule has 4 heteroatoms. The molecule has 0 aromatic carbocycles. The molecule has 0 aliphatic carbocycles. The zero-order valence-corrected chi connectivity index (χ0v) is 9.65. The first kappa shape index (κ1) is 11.2. The van der Waals surface area contributed by atoms with Gasteiger partial charge in [0.2, 0.25) is 5.91 Å². The maximum Gasteiger partial charge on any atom is 0.227 e. The van der Waals surface area contributed by atoms with Gasteiger partial charge in [0.1, 0.15) is 5.01 Å². The van der Waals surface area contributed by atoms with Crippen LogP contribution in [-0.2, 0) is 11.2 Å². The van der Waals surface area contributed by atoms with Crippen molar-refractivity contribution in [1.29, 1.82) is 0 Å². The normalized spacial score (nSPS) is 12.5. The number of carbonyl (C=O) groups is 1. The molecule has 3 nitrogen and oxygen atoms in total. The van der Waals surface area contributed by atoms with Crippen LogP contribution in [0.4, 0.5) is 0 Å². The van der Waals surface area contributed by atoms with Gasteiger partial charge in [-0.3, -0.25) is 4.79 Å². The molecule has 14 heavy (non-hydrogen) atoms. The number of aryl methyl sites for hydroxylation is 1. The molecule has 0 saturated carbocycles. The summed E-state index contributed by atoms with van der Waals surface area (Å²) in [4.78, 5) is 15.7. The molecule has 0 aliphatic rings. The van der Waals surface area contributed by atoms with Gasteiger partial charge in [0.25, 0.3) is 0 Å². The third-order valence-electron chi connectivity index (χ3n) is 2.00. The lowest BCUT2D eigenvalue weighted by molar-refractivity contribution is -0.121. The number of nitrogens with one attached hydrogen (secondary N) is 1. The highest BCUT2D eigenvalue weighted by Crippen LogP contribution is 2.09. The maximum atomic E-state index is 11.4. The van der Waals surface area contributed by atoms with E-state index in [1.54, 1.807) is 11.3 Å². The zero-order valence-electron chi connectivity index (χ0n) is 8.83. The lowest BCUT2D eigenvalue weighted by atomic mass is 10.2. The quantitative estimate of drug-likeness (QED) is 0.828. The summed E-state index contributed by atoms with van der Waals surface area (Å²) >= 11 is 1.54. The average Bonchev–Trinajstić information content (AvgIpc) is 2.50. The van der Waals surface area contributed by atoms with Gasteiger partial charge in [0.15, 0.2) is 0 Å². The van der Waals surface area contributed by atoms with Gasteiger partial charge < -0.3 is 5.32 Å². The molecule has 1 amide bonds. The Balaban J connectivity index is 2.41. The fourth-order valence-corrected chi connectivity index (χ4v) is 1.82. The van der Waals surface area contributed by atoms with E-state index in [0.29, 0.717) is 6.42 Å². The standard InChI is InChI=1S/C10H16N2OS/c1-4-7(2)11-9(13)5-10-12-8(3)6-14-10/h6-7H,4-5H2,1-3H3,(H,11,13). The van der Waals surface area contributed by atoms with E-state index in [0.717, 1.165) is 17.1 Å². The van der Waals surface area contributed by atoms with Crippen LogP contribution < -0.4 is 5.32 Å². The van der Waals surface area contributed by atoms with E-state index in [4.69, 9.17) is 0 Å². The Morgan fingerprint density at radius 1 is 1.71 bits per heavy atom. The molecular formula is C10H16N2OS. The molecule has 1 rings (SSSR count). The fraction of sp³-hybridized carbons (Fsp3) is 0.600. The minimum absolute atomic E-state index is 0.0636. The molecule has 1 aromatic heterocycles. The number of carbonyl (C=O) groups excluding carboxylic acids is 1. The molecule has 0 bridgehead atoms. The Morgan fingerprint density at radius 3 is 2.93 bits per heavy atom. The van der Waals surface area contributed by atoms with Crippen LogP contribution in [0.25, 0.3) is 0 Å². The summed E-state index contributed by atoms with van der Waals surface area (Å²) < 4.78 is 0. The fourth-order valence-electron chi connectivity index (χ4n) is 1.05. The molecule has 0 fully saturated rings. The SMILES string of the molecule is CCC(C)NC(=O)Cc1nc(C)cs1. The van der Waals surface area contributed by atoms with E-state index in [2.05, 4.69) is 17.2 Å². The van der Waals surface area contributed by atoms with Gasteiger partial charge in [-0.05, 0) is 20.3 Å². The van der Waals surface area contributed by atoms with Gasteiger partial charge in [0.05, 0.1) is 6.42 Å². The number of hydrogen-bond acceptors (Lipinski definition) is 3. The molecule has 1 unspecified atom stereocenters. The van der Waals surface area contributed by atoms with Crippen LogP contribution in [0.3, 0.4) is 0 Å². The summed E-state index contributed by atoms with van der Waals surface area (Å²) in [5.74, 6) is 0.0636.